The lowest BCUT2D eigenvalue weighted by molar-refractivity contribution is -0.133. The maximum atomic E-state index is 13.7. The molecule has 0 fully saturated rings. The van der Waals surface area contributed by atoms with Gasteiger partial charge in [0.25, 0.3) is 0 Å². The zero-order valence-corrected chi connectivity index (χ0v) is 12.3. The molecule has 1 heterocycles. The Kier molecular flexibility index (Phi) is 4.77. The average Bonchev–Trinajstić information content (AvgIpc) is 2.73. The summed E-state index contributed by atoms with van der Waals surface area (Å²) in [5.41, 5.74) is 0.797. The van der Waals surface area contributed by atoms with E-state index in [2.05, 4.69) is 4.98 Å². The molecule has 1 aromatic carbocycles. The third kappa shape index (κ3) is 3.37. The fraction of sp³-hybridized carbons (Fsp3) is 0.333. The van der Waals surface area contributed by atoms with Crippen LogP contribution < -0.4 is 0 Å². The van der Waals surface area contributed by atoms with Gasteiger partial charge in [0.1, 0.15) is 5.52 Å². The van der Waals surface area contributed by atoms with Crippen molar-refractivity contribution in [3.05, 3.63) is 24.0 Å². The topological polar surface area (TPSA) is 72.2 Å². The molecule has 1 aromatic heterocycles. The number of hydrogen-bond donors (Lipinski definition) is 1. The molecule has 20 heavy (non-hydrogen) atoms. The number of aryl methyl sites for hydroxylation is 1. The van der Waals surface area contributed by atoms with Crippen LogP contribution in [-0.2, 0) is 22.1 Å². The summed E-state index contributed by atoms with van der Waals surface area (Å²) >= 11 is 1.03. The van der Waals surface area contributed by atoms with E-state index >= 15 is 0 Å². The number of benzene rings is 1. The number of carbonyl (C=O) groups is 1. The van der Waals surface area contributed by atoms with Gasteiger partial charge in [-0.15, -0.1) is 0 Å². The van der Waals surface area contributed by atoms with Crippen molar-refractivity contribution in [3.8, 4) is 0 Å². The number of fused-ring (bicyclic) bond motifs is 1. The van der Waals surface area contributed by atoms with Gasteiger partial charge in [-0.05, 0) is 12.1 Å². The number of thioether (sulfide) groups is 1. The van der Waals surface area contributed by atoms with E-state index in [-0.39, 0.29) is 11.3 Å². The molecule has 5 nitrogen and oxygen atoms in total. The molecule has 0 aliphatic carbocycles. The molecular formula is C12H13FN2O3S2. The van der Waals surface area contributed by atoms with E-state index in [0.717, 1.165) is 11.8 Å². The predicted molar refractivity (Wildman–Crippen MR) is 77.0 cm³/mol. The first-order chi connectivity index (χ1) is 9.49. The van der Waals surface area contributed by atoms with Crippen molar-refractivity contribution in [2.75, 3.05) is 17.8 Å². The molecule has 8 heteroatoms. The van der Waals surface area contributed by atoms with Crippen LogP contribution in [0, 0.1) is 5.82 Å². The second-order valence-electron chi connectivity index (χ2n) is 4.11. The molecule has 0 bridgehead atoms. The SMILES string of the molecule is CS(=O)CCn1c(SCC(=O)O)nc2c(F)cccc21. The van der Waals surface area contributed by atoms with E-state index in [1.54, 1.807) is 23.0 Å². The summed E-state index contributed by atoms with van der Waals surface area (Å²) in [4.78, 5) is 14.8. The van der Waals surface area contributed by atoms with Gasteiger partial charge in [-0.2, -0.15) is 0 Å². The van der Waals surface area contributed by atoms with Crippen LogP contribution in [0.2, 0.25) is 0 Å². The van der Waals surface area contributed by atoms with Crippen molar-refractivity contribution >= 4 is 39.6 Å². The van der Waals surface area contributed by atoms with Crippen LogP contribution in [0.3, 0.4) is 0 Å². The Morgan fingerprint density at radius 1 is 1.55 bits per heavy atom. The summed E-state index contributed by atoms with van der Waals surface area (Å²) in [5, 5.41) is 9.16. The fourth-order valence-electron chi connectivity index (χ4n) is 1.76. The molecule has 1 N–H and O–H groups in total. The predicted octanol–water partition coefficient (Wildman–Crippen LogP) is 1.73. The highest BCUT2D eigenvalue weighted by Crippen LogP contribution is 2.25. The Bertz CT molecular complexity index is 672. The monoisotopic (exact) mass is 316 g/mol. The number of halogens is 1. The lowest BCUT2D eigenvalue weighted by atomic mass is 10.3. The third-order valence-electron chi connectivity index (χ3n) is 2.62. The lowest BCUT2D eigenvalue weighted by Crippen LogP contribution is -2.08. The van der Waals surface area contributed by atoms with E-state index in [4.69, 9.17) is 5.11 Å². The molecule has 0 radical (unpaired) electrons. The van der Waals surface area contributed by atoms with E-state index in [9.17, 15) is 13.4 Å². The first-order valence-electron chi connectivity index (χ1n) is 5.78. The van der Waals surface area contributed by atoms with Gasteiger partial charge in [-0.3, -0.25) is 9.00 Å². The quantitative estimate of drug-likeness (QED) is 0.822. The average molecular weight is 316 g/mol. The Morgan fingerprint density at radius 2 is 2.30 bits per heavy atom. The van der Waals surface area contributed by atoms with Crippen LogP contribution in [0.1, 0.15) is 0 Å². The molecular weight excluding hydrogens is 303 g/mol. The maximum absolute atomic E-state index is 13.7. The lowest BCUT2D eigenvalue weighted by Gasteiger charge is -2.06. The van der Waals surface area contributed by atoms with E-state index in [0.29, 0.717) is 23.0 Å². The van der Waals surface area contributed by atoms with E-state index in [1.807, 2.05) is 0 Å². The second kappa shape index (κ2) is 6.36. The molecule has 1 atom stereocenters. The largest absolute Gasteiger partial charge is 0.481 e. The highest BCUT2D eigenvalue weighted by molar-refractivity contribution is 7.99. The molecule has 1 unspecified atom stereocenters. The summed E-state index contributed by atoms with van der Waals surface area (Å²) in [6, 6.07) is 4.60. The van der Waals surface area contributed by atoms with Crippen LogP contribution in [-0.4, -0.2) is 42.6 Å². The summed E-state index contributed by atoms with van der Waals surface area (Å²) in [5.74, 6) is -1.16. The van der Waals surface area contributed by atoms with Gasteiger partial charge in [0.05, 0.1) is 11.3 Å². The molecule has 0 saturated heterocycles. The number of hydrogen-bond acceptors (Lipinski definition) is 4. The van der Waals surface area contributed by atoms with Crippen molar-refractivity contribution < 1.29 is 18.5 Å². The molecule has 0 amide bonds. The number of rotatable bonds is 6. The summed E-state index contributed by atoms with van der Waals surface area (Å²) in [6.07, 6.45) is 1.59. The summed E-state index contributed by atoms with van der Waals surface area (Å²) < 4.78 is 26.7. The van der Waals surface area contributed by atoms with Gasteiger partial charge in [0, 0.05) is 29.4 Å². The van der Waals surface area contributed by atoms with Crippen molar-refractivity contribution in [3.63, 3.8) is 0 Å². The van der Waals surface area contributed by atoms with Crippen molar-refractivity contribution in [1.82, 2.24) is 9.55 Å². The normalized spacial score (nSPS) is 12.7. The van der Waals surface area contributed by atoms with Crippen LogP contribution in [0.15, 0.2) is 23.4 Å². The number of para-hydroxylation sites is 1. The summed E-state index contributed by atoms with van der Waals surface area (Å²) in [6.45, 7) is 0.408. The Morgan fingerprint density at radius 3 is 2.95 bits per heavy atom. The Labute approximate surface area is 121 Å². The number of aliphatic carboxylic acids is 1. The molecule has 0 spiro atoms. The third-order valence-corrected chi connectivity index (χ3v) is 4.34. The van der Waals surface area contributed by atoms with Gasteiger partial charge in [-0.1, -0.05) is 17.8 Å². The Hall–Kier alpha value is -1.41. The van der Waals surface area contributed by atoms with Crippen molar-refractivity contribution in [2.24, 2.45) is 0 Å². The van der Waals surface area contributed by atoms with Crippen LogP contribution in [0.5, 0.6) is 0 Å². The minimum Gasteiger partial charge on any atom is -0.481 e. The zero-order chi connectivity index (χ0) is 14.7. The zero-order valence-electron chi connectivity index (χ0n) is 10.7. The minimum absolute atomic E-state index is 0.153. The molecule has 0 saturated carbocycles. The standard InChI is InChI=1S/C12H13FN2O3S2/c1-20(18)6-5-15-9-4-2-3-8(13)11(9)14-12(15)19-7-10(16)17/h2-4H,5-7H2,1H3,(H,16,17). The number of nitrogens with zero attached hydrogens (tertiary/aromatic N) is 2. The molecule has 2 aromatic rings. The number of carboxylic acid groups (broad SMARTS) is 1. The smallest absolute Gasteiger partial charge is 0.313 e. The molecule has 108 valence electrons. The number of carboxylic acids is 1. The van der Waals surface area contributed by atoms with Crippen molar-refractivity contribution in [1.29, 1.82) is 0 Å². The second-order valence-corrected chi connectivity index (χ2v) is 6.61. The van der Waals surface area contributed by atoms with Crippen LogP contribution in [0.4, 0.5) is 4.39 Å². The first-order valence-corrected chi connectivity index (χ1v) is 8.49. The van der Waals surface area contributed by atoms with E-state index < -0.39 is 22.6 Å². The molecule has 0 aliphatic rings. The fourth-order valence-corrected chi connectivity index (χ4v) is 2.96. The van der Waals surface area contributed by atoms with Gasteiger partial charge in [-0.25, -0.2) is 9.37 Å². The van der Waals surface area contributed by atoms with Gasteiger partial charge in [0.15, 0.2) is 11.0 Å². The van der Waals surface area contributed by atoms with E-state index in [1.165, 1.54) is 6.07 Å². The highest BCUT2D eigenvalue weighted by Gasteiger charge is 2.15. The number of imidazole rings is 1. The van der Waals surface area contributed by atoms with Crippen LogP contribution in [0.25, 0.3) is 11.0 Å². The van der Waals surface area contributed by atoms with Gasteiger partial charge < -0.3 is 9.67 Å². The highest BCUT2D eigenvalue weighted by atomic mass is 32.2. The van der Waals surface area contributed by atoms with Crippen LogP contribution >= 0.6 is 11.8 Å². The van der Waals surface area contributed by atoms with Crippen molar-refractivity contribution in [2.45, 2.75) is 11.7 Å². The number of aromatic nitrogens is 2. The summed E-state index contributed by atoms with van der Waals surface area (Å²) in [7, 11) is -0.987. The maximum Gasteiger partial charge on any atom is 0.313 e. The Balaban J connectivity index is 2.42. The van der Waals surface area contributed by atoms with Gasteiger partial charge in [0.2, 0.25) is 0 Å². The molecule has 0 aliphatic heterocycles. The minimum atomic E-state index is -0.987. The molecule has 2 rings (SSSR count). The van der Waals surface area contributed by atoms with Gasteiger partial charge >= 0.3 is 5.97 Å². The first kappa shape index (κ1) is 15.0.